The Morgan fingerprint density at radius 2 is 2.05 bits per heavy atom. The second-order valence-electron chi connectivity index (χ2n) is 4.98. The molecule has 0 aromatic carbocycles. The van der Waals surface area contributed by atoms with Crippen LogP contribution in [0.4, 0.5) is 4.79 Å². The molecule has 0 bridgehead atoms. The number of amides is 3. The average Bonchev–Trinajstić information content (AvgIpc) is 2.42. The molecule has 0 radical (unpaired) electrons. The summed E-state index contributed by atoms with van der Waals surface area (Å²) >= 11 is 1.51. The molecule has 1 unspecified atom stereocenters. The lowest BCUT2D eigenvalue weighted by molar-refractivity contribution is -0.141. The number of carboxylic acid groups (broad SMARTS) is 1. The minimum atomic E-state index is -1.02. The Morgan fingerprint density at radius 1 is 1.35 bits per heavy atom. The molecule has 8 heteroatoms. The Kier molecular flexibility index (Phi) is 6.63. The maximum Gasteiger partial charge on any atom is 0.327 e. The van der Waals surface area contributed by atoms with Crippen molar-refractivity contribution in [2.45, 2.75) is 19.9 Å². The zero-order valence-electron chi connectivity index (χ0n) is 11.7. The first-order valence-corrected chi connectivity index (χ1v) is 7.69. The molecule has 0 saturated carbocycles. The van der Waals surface area contributed by atoms with E-state index in [1.807, 2.05) is 13.8 Å². The normalized spacial score (nSPS) is 18.8. The van der Waals surface area contributed by atoms with Crippen LogP contribution in [0.5, 0.6) is 0 Å². The number of carboxylic acids is 1. The molecule has 1 saturated heterocycles. The highest BCUT2D eigenvalue weighted by molar-refractivity contribution is 7.99. The number of nitrogens with one attached hydrogen (secondary N) is 2. The lowest BCUT2D eigenvalue weighted by atomic mass is 10.2. The van der Waals surface area contributed by atoms with Crippen molar-refractivity contribution < 1.29 is 19.5 Å². The monoisotopic (exact) mass is 303 g/mol. The summed E-state index contributed by atoms with van der Waals surface area (Å²) in [4.78, 5) is 35.7. The first-order chi connectivity index (χ1) is 9.41. The van der Waals surface area contributed by atoms with Crippen LogP contribution in [0.1, 0.15) is 13.8 Å². The van der Waals surface area contributed by atoms with Crippen molar-refractivity contribution in [3.63, 3.8) is 0 Å². The predicted molar refractivity (Wildman–Crippen MR) is 76.7 cm³/mol. The molecule has 3 N–H and O–H groups in total. The number of rotatable bonds is 5. The van der Waals surface area contributed by atoms with Gasteiger partial charge in [0.15, 0.2) is 0 Å². The summed E-state index contributed by atoms with van der Waals surface area (Å²) in [5, 5.41) is 14.2. The van der Waals surface area contributed by atoms with Crippen LogP contribution >= 0.6 is 11.8 Å². The van der Waals surface area contributed by atoms with Gasteiger partial charge in [0.1, 0.15) is 6.04 Å². The van der Waals surface area contributed by atoms with E-state index in [0.717, 1.165) is 0 Å². The van der Waals surface area contributed by atoms with Crippen LogP contribution < -0.4 is 10.6 Å². The Balaban J connectivity index is 2.40. The third-order valence-corrected chi connectivity index (χ3v) is 3.80. The molecule has 0 aromatic rings. The molecule has 0 aliphatic carbocycles. The number of urea groups is 1. The van der Waals surface area contributed by atoms with Crippen molar-refractivity contribution in [3.05, 3.63) is 0 Å². The smallest absolute Gasteiger partial charge is 0.327 e. The molecule has 0 aromatic heterocycles. The van der Waals surface area contributed by atoms with Crippen molar-refractivity contribution in [1.82, 2.24) is 15.5 Å². The van der Waals surface area contributed by atoms with Gasteiger partial charge in [-0.1, -0.05) is 13.8 Å². The molecule has 3 amide bonds. The fourth-order valence-corrected chi connectivity index (χ4v) is 2.73. The second-order valence-corrected chi connectivity index (χ2v) is 6.13. The molecule has 1 heterocycles. The number of hydrogen-bond donors (Lipinski definition) is 3. The van der Waals surface area contributed by atoms with Gasteiger partial charge in [0, 0.05) is 24.6 Å². The lowest BCUT2D eigenvalue weighted by Gasteiger charge is -2.32. The Morgan fingerprint density at radius 3 is 2.65 bits per heavy atom. The van der Waals surface area contributed by atoms with Crippen LogP contribution in [0.25, 0.3) is 0 Å². The van der Waals surface area contributed by atoms with Gasteiger partial charge in [0.2, 0.25) is 5.91 Å². The summed E-state index contributed by atoms with van der Waals surface area (Å²) in [6.45, 7) is 4.73. The van der Waals surface area contributed by atoms with Crippen LogP contribution in [-0.2, 0) is 9.59 Å². The minimum absolute atomic E-state index is 0.137. The number of hydrogen-bond acceptors (Lipinski definition) is 4. The van der Waals surface area contributed by atoms with Gasteiger partial charge in [0.05, 0.1) is 6.54 Å². The number of carbonyl (C=O) groups is 3. The van der Waals surface area contributed by atoms with Crippen LogP contribution in [0.2, 0.25) is 0 Å². The quantitative estimate of drug-likeness (QED) is 0.662. The second kappa shape index (κ2) is 7.98. The molecule has 1 rings (SSSR count). The highest BCUT2D eigenvalue weighted by Gasteiger charge is 2.32. The molecule has 1 aliphatic rings. The predicted octanol–water partition coefficient (Wildman–Crippen LogP) is -0.0298. The summed E-state index contributed by atoms with van der Waals surface area (Å²) in [6.07, 6.45) is 0. The average molecular weight is 303 g/mol. The van der Waals surface area contributed by atoms with Crippen LogP contribution in [-0.4, -0.2) is 65.1 Å². The van der Waals surface area contributed by atoms with Gasteiger partial charge < -0.3 is 20.6 Å². The number of nitrogens with zero attached hydrogens (tertiary/aromatic N) is 1. The van der Waals surface area contributed by atoms with Crippen molar-refractivity contribution in [1.29, 1.82) is 0 Å². The third kappa shape index (κ3) is 5.28. The highest BCUT2D eigenvalue weighted by Crippen LogP contribution is 2.16. The molecule has 114 valence electrons. The van der Waals surface area contributed by atoms with Gasteiger partial charge in [-0.2, -0.15) is 11.8 Å². The van der Waals surface area contributed by atoms with Crippen LogP contribution in [0.3, 0.4) is 0 Å². The van der Waals surface area contributed by atoms with Crippen molar-refractivity contribution in [2.75, 3.05) is 31.1 Å². The van der Waals surface area contributed by atoms with Gasteiger partial charge in [-0.15, -0.1) is 0 Å². The first kappa shape index (κ1) is 16.6. The molecule has 1 fully saturated rings. The standard InChI is InChI=1S/C12H21N3O4S/c1-8(2)5-13-10(16)6-14-12(19)15-3-4-20-7-9(15)11(17)18/h8-9H,3-7H2,1-2H3,(H,13,16)(H,14,19)(H,17,18). The molecular formula is C12H21N3O4S. The van der Waals surface area contributed by atoms with E-state index in [4.69, 9.17) is 5.11 Å². The molecule has 0 spiro atoms. The van der Waals surface area contributed by atoms with Crippen molar-refractivity contribution in [2.24, 2.45) is 5.92 Å². The zero-order chi connectivity index (χ0) is 15.1. The number of carbonyl (C=O) groups excluding carboxylic acids is 2. The minimum Gasteiger partial charge on any atom is -0.480 e. The molecule has 20 heavy (non-hydrogen) atoms. The molecule has 7 nitrogen and oxygen atoms in total. The van der Waals surface area contributed by atoms with Gasteiger partial charge >= 0.3 is 12.0 Å². The zero-order valence-corrected chi connectivity index (χ0v) is 12.5. The van der Waals surface area contributed by atoms with E-state index in [2.05, 4.69) is 10.6 Å². The Bertz CT molecular complexity index is 376. The Labute approximate surface area is 122 Å². The first-order valence-electron chi connectivity index (χ1n) is 6.53. The summed E-state index contributed by atoms with van der Waals surface area (Å²) in [7, 11) is 0. The molecule has 1 aliphatic heterocycles. The van der Waals surface area contributed by atoms with Crippen molar-refractivity contribution in [3.8, 4) is 0 Å². The maximum absolute atomic E-state index is 11.9. The largest absolute Gasteiger partial charge is 0.480 e. The Hall–Kier alpha value is -1.44. The summed E-state index contributed by atoms with van der Waals surface area (Å²) in [5.41, 5.74) is 0. The fourth-order valence-electron chi connectivity index (χ4n) is 1.69. The van der Waals surface area contributed by atoms with Gasteiger partial charge in [-0.25, -0.2) is 9.59 Å². The summed E-state index contributed by atoms with van der Waals surface area (Å²) in [6, 6.07) is -1.33. The van der Waals surface area contributed by atoms with Gasteiger partial charge in [0.25, 0.3) is 0 Å². The number of thioether (sulfide) groups is 1. The fraction of sp³-hybridized carbons (Fsp3) is 0.750. The van der Waals surface area contributed by atoms with E-state index in [1.165, 1.54) is 16.7 Å². The highest BCUT2D eigenvalue weighted by atomic mass is 32.2. The van der Waals surface area contributed by atoms with Crippen molar-refractivity contribution >= 4 is 29.7 Å². The lowest BCUT2D eigenvalue weighted by Crippen LogP contribution is -2.55. The maximum atomic E-state index is 11.9. The van der Waals surface area contributed by atoms with E-state index in [0.29, 0.717) is 30.5 Å². The van der Waals surface area contributed by atoms with Crippen LogP contribution in [0, 0.1) is 5.92 Å². The van der Waals surface area contributed by atoms with E-state index >= 15 is 0 Å². The number of aliphatic carboxylic acids is 1. The molecular weight excluding hydrogens is 282 g/mol. The SMILES string of the molecule is CC(C)CNC(=O)CNC(=O)N1CCSCC1C(=O)O. The van der Waals surface area contributed by atoms with E-state index in [9.17, 15) is 14.4 Å². The van der Waals surface area contributed by atoms with E-state index < -0.39 is 18.0 Å². The molecule has 1 atom stereocenters. The van der Waals surface area contributed by atoms with Crippen LogP contribution in [0.15, 0.2) is 0 Å². The van der Waals surface area contributed by atoms with Gasteiger partial charge in [-0.3, -0.25) is 4.79 Å². The van der Waals surface area contributed by atoms with Gasteiger partial charge in [-0.05, 0) is 5.92 Å². The third-order valence-electron chi connectivity index (χ3n) is 2.78. The summed E-state index contributed by atoms with van der Waals surface area (Å²) < 4.78 is 0. The summed E-state index contributed by atoms with van der Waals surface area (Å²) in [5.74, 6) is 0.131. The van der Waals surface area contributed by atoms with E-state index in [-0.39, 0.29) is 12.5 Å². The van der Waals surface area contributed by atoms with E-state index in [1.54, 1.807) is 0 Å². The topological polar surface area (TPSA) is 98.7 Å².